The molecule has 0 saturated carbocycles. The van der Waals surface area contributed by atoms with Gasteiger partial charge in [0, 0.05) is 17.3 Å². The molecule has 2 aromatic carbocycles. The van der Waals surface area contributed by atoms with Crippen molar-refractivity contribution in [2.45, 2.75) is 6.92 Å². The van der Waals surface area contributed by atoms with E-state index < -0.39 is 11.7 Å². The molecule has 2 nitrogen and oxygen atoms in total. The standard InChI is InChI=1S/C16H14FNO/c1-12-7-5-6-10-14(12)15(17)11-16(19)18-13-8-3-2-4-9-13/h2-11H,1H3,(H,18,19)/b15-11+. The number of nitrogens with one attached hydrogen (secondary N) is 1. The Bertz CT molecular complexity index is 605. The first-order chi connectivity index (χ1) is 9.16. The van der Waals surface area contributed by atoms with E-state index >= 15 is 0 Å². The number of hydrogen-bond acceptors (Lipinski definition) is 1. The van der Waals surface area contributed by atoms with Gasteiger partial charge < -0.3 is 5.32 Å². The Labute approximate surface area is 111 Å². The Hall–Kier alpha value is -2.42. The molecule has 19 heavy (non-hydrogen) atoms. The van der Waals surface area contributed by atoms with Crippen molar-refractivity contribution in [1.82, 2.24) is 0 Å². The van der Waals surface area contributed by atoms with Crippen LogP contribution < -0.4 is 5.32 Å². The Kier molecular flexibility index (Phi) is 4.08. The molecule has 0 fully saturated rings. The first kappa shape index (κ1) is 13.0. The number of carbonyl (C=O) groups excluding carboxylic acids is 1. The van der Waals surface area contributed by atoms with Gasteiger partial charge in [0.15, 0.2) is 0 Å². The molecule has 1 amide bonds. The molecule has 3 heteroatoms. The third kappa shape index (κ3) is 3.52. The highest BCUT2D eigenvalue weighted by Gasteiger charge is 2.06. The van der Waals surface area contributed by atoms with Crippen molar-refractivity contribution in [3.05, 3.63) is 71.8 Å². The van der Waals surface area contributed by atoms with Crippen LogP contribution in [0.4, 0.5) is 10.1 Å². The van der Waals surface area contributed by atoms with E-state index in [1.54, 1.807) is 49.4 Å². The molecule has 0 aliphatic heterocycles. The van der Waals surface area contributed by atoms with E-state index in [1.165, 1.54) is 0 Å². The second-order valence-corrected chi connectivity index (χ2v) is 4.16. The fourth-order valence-corrected chi connectivity index (χ4v) is 1.73. The van der Waals surface area contributed by atoms with Gasteiger partial charge in [-0.1, -0.05) is 42.5 Å². The summed E-state index contributed by atoms with van der Waals surface area (Å²) < 4.78 is 13.9. The third-order valence-electron chi connectivity index (χ3n) is 2.70. The van der Waals surface area contributed by atoms with Gasteiger partial charge in [-0.3, -0.25) is 4.79 Å². The molecular formula is C16H14FNO. The Morgan fingerprint density at radius 3 is 2.37 bits per heavy atom. The van der Waals surface area contributed by atoms with Gasteiger partial charge in [0.2, 0.25) is 0 Å². The van der Waals surface area contributed by atoms with E-state index in [0.29, 0.717) is 11.3 Å². The summed E-state index contributed by atoms with van der Waals surface area (Å²) in [5, 5.41) is 2.61. The molecule has 0 atom stereocenters. The topological polar surface area (TPSA) is 29.1 Å². The largest absolute Gasteiger partial charge is 0.322 e. The van der Waals surface area contributed by atoms with Crippen LogP contribution >= 0.6 is 0 Å². The van der Waals surface area contributed by atoms with Crippen LogP contribution in [-0.2, 0) is 4.79 Å². The van der Waals surface area contributed by atoms with E-state index in [4.69, 9.17) is 0 Å². The summed E-state index contributed by atoms with van der Waals surface area (Å²) in [6.07, 6.45) is 0.968. The summed E-state index contributed by atoms with van der Waals surface area (Å²) in [6, 6.07) is 16.0. The smallest absolute Gasteiger partial charge is 0.251 e. The summed E-state index contributed by atoms with van der Waals surface area (Å²) in [5.41, 5.74) is 1.87. The number of para-hydroxylation sites is 1. The number of hydrogen-bond donors (Lipinski definition) is 1. The summed E-state index contributed by atoms with van der Waals surface area (Å²) in [5.74, 6) is -1.02. The summed E-state index contributed by atoms with van der Waals surface area (Å²) >= 11 is 0. The van der Waals surface area contributed by atoms with Crippen LogP contribution in [0.2, 0.25) is 0 Å². The van der Waals surface area contributed by atoms with Gasteiger partial charge in [-0.2, -0.15) is 0 Å². The maximum Gasteiger partial charge on any atom is 0.251 e. The molecule has 2 aromatic rings. The van der Waals surface area contributed by atoms with Crippen molar-refractivity contribution >= 4 is 17.4 Å². The minimum Gasteiger partial charge on any atom is -0.322 e. The van der Waals surface area contributed by atoms with E-state index in [2.05, 4.69) is 5.32 Å². The quantitative estimate of drug-likeness (QED) is 0.827. The lowest BCUT2D eigenvalue weighted by Gasteiger charge is -2.04. The van der Waals surface area contributed by atoms with E-state index in [9.17, 15) is 9.18 Å². The maximum absolute atomic E-state index is 13.9. The Balaban J connectivity index is 2.13. The highest BCUT2D eigenvalue weighted by molar-refractivity contribution is 6.03. The molecule has 0 aromatic heterocycles. The van der Waals surface area contributed by atoms with Crippen LogP contribution in [0.25, 0.3) is 5.83 Å². The predicted octanol–water partition coefficient (Wildman–Crippen LogP) is 3.94. The van der Waals surface area contributed by atoms with Crippen LogP contribution in [0, 0.1) is 6.92 Å². The molecule has 0 saturated heterocycles. The highest BCUT2D eigenvalue weighted by Crippen LogP contribution is 2.19. The van der Waals surface area contributed by atoms with Crippen LogP contribution in [-0.4, -0.2) is 5.91 Å². The minimum absolute atomic E-state index is 0.436. The average molecular weight is 255 g/mol. The number of amides is 1. The second-order valence-electron chi connectivity index (χ2n) is 4.16. The normalized spacial score (nSPS) is 11.2. The van der Waals surface area contributed by atoms with Crippen molar-refractivity contribution in [3.63, 3.8) is 0 Å². The molecule has 0 spiro atoms. The lowest BCUT2D eigenvalue weighted by atomic mass is 10.1. The van der Waals surface area contributed by atoms with Gasteiger partial charge in [-0.15, -0.1) is 0 Å². The molecule has 0 bridgehead atoms. The molecule has 0 radical (unpaired) electrons. The van der Waals surface area contributed by atoms with Crippen LogP contribution in [0.1, 0.15) is 11.1 Å². The molecule has 0 heterocycles. The van der Waals surface area contributed by atoms with Gasteiger partial charge >= 0.3 is 0 Å². The van der Waals surface area contributed by atoms with Crippen molar-refractivity contribution in [1.29, 1.82) is 0 Å². The number of halogens is 1. The first-order valence-electron chi connectivity index (χ1n) is 5.96. The van der Waals surface area contributed by atoms with E-state index in [0.717, 1.165) is 11.6 Å². The lowest BCUT2D eigenvalue weighted by molar-refractivity contribution is -0.111. The zero-order valence-corrected chi connectivity index (χ0v) is 10.6. The summed E-state index contributed by atoms with van der Waals surface area (Å²) in [4.78, 5) is 11.7. The maximum atomic E-state index is 13.9. The zero-order valence-electron chi connectivity index (χ0n) is 10.6. The van der Waals surface area contributed by atoms with E-state index in [1.807, 2.05) is 12.1 Å². The van der Waals surface area contributed by atoms with Crippen molar-refractivity contribution in [2.24, 2.45) is 0 Å². The van der Waals surface area contributed by atoms with Crippen LogP contribution in [0.5, 0.6) is 0 Å². The van der Waals surface area contributed by atoms with Crippen molar-refractivity contribution < 1.29 is 9.18 Å². The number of rotatable bonds is 3. The second kappa shape index (κ2) is 5.96. The molecule has 2 rings (SSSR count). The van der Waals surface area contributed by atoms with Gasteiger partial charge in [0.1, 0.15) is 5.83 Å². The molecule has 0 aliphatic rings. The minimum atomic E-state index is -0.536. The van der Waals surface area contributed by atoms with Gasteiger partial charge in [0.05, 0.1) is 0 Å². The summed E-state index contributed by atoms with van der Waals surface area (Å²) in [7, 11) is 0. The van der Waals surface area contributed by atoms with Gasteiger partial charge in [-0.25, -0.2) is 4.39 Å². The predicted molar refractivity (Wildman–Crippen MR) is 75.3 cm³/mol. The van der Waals surface area contributed by atoms with Gasteiger partial charge in [-0.05, 0) is 24.6 Å². The molecule has 96 valence electrons. The average Bonchev–Trinajstić information content (AvgIpc) is 2.40. The number of anilines is 1. The first-order valence-corrected chi connectivity index (χ1v) is 5.96. The molecule has 0 unspecified atom stereocenters. The highest BCUT2D eigenvalue weighted by atomic mass is 19.1. The fourth-order valence-electron chi connectivity index (χ4n) is 1.73. The van der Waals surface area contributed by atoms with Crippen molar-refractivity contribution in [2.75, 3.05) is 5.32 Å². The van der Waals surface area contributed by atoms with E-state index in [-0.39, 0.29) is 0 Å². The SMILES string of the molecule is Cc1ccccc1/C(F)=C\C(=O)Nc1ccccc1. The Morgan fingerprint density at radius 1 is 1.05 bits per heavy atom. The monoisotopic (exact) mass is 255 g/mol. The zero-order chi connectivity index (χ0) is 13.7. The van der Waals surface area contributed by atoms with Gasteiger partial charge in [0.25, 0.3) is 5.91 Å². The number of aryl methyl sites for hydroxylation is 1. The van der Waals surface area contributed by atoms with Crippen molar-refractivity contribution in [3.8, 4) is 0 Å². The molecular weight excluding hydrogens is 241 g/mol. The number of benzene rings is 2. The summed E-state index contributed by atoms with van der Waals surface area (Å²) in [6.45, 7) is 1.80. The lowest BCUT2D eigenvalue weighted by Crippen LogP contribution is -2.08. The number of carbonyl (C=O) groups is 1. The molecule has 0 aliphatic carbocycles. The molecule has 1 N–H and O–H groups in total. The van der Waals surface area contributed by atoms with Crippen LogP contribution in [0.3, 0.4) is 0 Å². The van der Waals surface area contributed by atoms with Crippen LogP contribution in [0.15, 0.2) is 60.7 Å². The fraction of sp³-hybridized carbons (Fsp3) is 0.0625. The third-order valence-corrected chi connectivity index (χ3v) is 2.70. The Morgan fingerprint density at radius 2 is 1.68 bits per heavy atom.